The third-order valence-electron chi connectivity index (χ3n) is 1.48. The minimum atomic E-state index is -2.67. The van der Waals surface area contributed by atoms with E-state index >= 15 is 0 Å². The number of fused-ring (bicyclic) bond motifs is 1. The minimum Gasteiger partial charge on any atom is -0.182 e. The van der Waals surface area contributed by atoms with Crippen LogP contribution in [0.3, 0.4) is 0 Å². The average molecular weight is 168 g/mol. The van der Waals surface area contributed by atoms with Gasteiger partial charge in [-0.2, -0.15) is 8.78 Å². The van der Waals surface area contributed by atoms with Crippen LogP contribution in [0, 0.1) is 0 Å². The second-order valence-electron chi connectivity index (χ2n) is 2.29. The molecule has 0 saturated carbocycles. The molecule has 0 spiro atoms. The summed E-state index contributed by atoms with van der Waals surface area (Å²) in [4.78, 5) is 0.407. The molecule has 3 nitrogen and oxygen atoms in total. The van der Waals surface area contributed by atoms with Gasteiger partial charge in [0, 0.05) is 0 Å². The highest BCUT2D eigenvalue weighted by atomic mass is 19.2. The van der Waals surface area contributed by atoms with Crippen molar-refractivity contribution >= 4 is 11.0 Å². The number of hydrogen-bond donors (Lipinski definition) is 0. The van der Waals surface area contributed by atoms with Gasteiger partial charge in [0.2, 0.25) is 0 Å². The summed E-state index contributed by atoms with van der Waals surface area (Å²) >= 11 is 0. The van der Waals surface area contributed by atoms with Gasteiger partial charge in [0.15, 0.2) is 0 Å². The number of hydrogen-bond acceptors (Lipinski definition) is 2. The number of halogens is 2. The van der Waals surface area contributed by atoms with Gasteiger partial charge >= 0.3 is 6.55 Å². The number of alkyl halides is 2. The number of rotatable bonds is 1. The second kappa shape index (κ2) is 2.51. The van der Waals surface area contributed by atoms with E-state index in [9.17, 15) is 8.78 Å². The van der Waals surface area contributed by atoms with Crippen LogP contribution in [0.1, 0.15) is 6.55 Å². The molecule has 5 heteroatoms. The van der Waals surface area contributed by atoms with Crippen molar-refractivity contribution in [3.05, 3.63) is 24.3 Å². The molecule has 1 aromatic carbocycles. The smallest absolute Gasteiger partial charge is 0.182 e. The zero-order valence-electron chi connectivity index (χ0n) is 5.98. The van der Waals surface area contributed by atoms with E-state index in [1.165, 1.54) is 0 Å². The molecular formula is C7H5F2N3. The molecule has 1 heterocycles. The average Bonchev–Trinajstić information content (AvgIpc) is 2.46. The summed E-state index contributed by atoms with van der Waals surface area (Å²) in [6.45, 7) is -2.67. The summed E-state index contributed by atoms with van der Waals surface area (Å²) < 4.78 is 24.1. The fourth-order valence-corrected chi connectivity index (χ4v) is 0.964. The summed E-state index contributed by atoms with van der Waals surface area (Å²) in [5.41, 5.74) is 0.968. The van der Waals surface area contributed by atoms with Crippen molar-refractivity contribution in [2.24, 2.45) is 0 Å². The zero-order chi connectivity index (χ0) is 8.55. The lowest BCUT2D eigenvalue weighted by atomic mass is 10.3. The Labute approximate surface area is 66.6 Å². The molecular weight excluding hydrogens is 163 g/mol. The lowest BCUT2D eigenvalue weighted by molar-refractivity contribution is 0.0424. The molecule has 0 fully saturated rings. The predicted molar refractivity (Wildman–Crippen MR) is 38.8 cm³/mol. The normalized spacial score (nSPS) is 13.5. The highest BCUT2D eigenvalue weighted by Gasteiger charge is 2.08. The highest BCUT2D eigenvalue weighted by Crippen LogP contribution is 2.12. The molecule has 2 rings (SSSR count). The molecule has 2 aromatic rings. The first kappa shape index (κ1) is 7.15. The molecule has 62 valence electrons. The van der Waals surface area contributed by atoms with Crippen molar-refractivity contribution in [2.75, 3.05) is 0 Å². The largest absolute Gasteiger partial charge is 0.348 e. The van der Waals surface area contributed by atoms with Gasteiger partial charge in [-0.25, -0.2) is 0 Å². The standard InChI is InChI=1S/C7H5F2N3/c8-7(9)12-10-5-3-1-2-4-6(5)11-12/h1-4,7H/i8-1. The maximum Gasteiger partial charge on any atom is 0.348 e. The lowest BCUT2D eigenvalue weighted by Crippen LogP contribution is -2.01. The van der Waals surface area contributed by atoms with Crippen molar-refractivity contribution in [3.63, 3.8) is 0 Å². The van der Waals surface area contributed by atoms with Crippen molar-refractivity contribution in [1.82, 2.24) is 15.0 Å². The lowest BCUT2D eigenvalue weighted by Gasteiger charge is -1.91. The van der Waals surface area contributed by atoms with Crippen LogP contribution in [0.5, 0.6) is 0 Å². The highest BCUT2D eigenvalue weighted by molar-refractivity contribution is 5.72. The molecule has 0 radical (unpaired) electrons. The quantitative estimate of drug-likeness (QED) is 0.650. The van der Waals surface area contributed by atoms with E-state index in [0.717, 1.165) is 0 Å². The Morgan fingerprint density at radius 2 is 1.58 bits per heavy atom. The third kappa shape index (κ3) is 1.03. The van der Waals surface area contributed by atoms with Gasteiger partial charge in [0.1, 0.15) is 11.0 Å². The van der Waals surface area contributed by atoms with Gasteiger partial charge < -0.3 is 0 Å². The Kier molecular flexibility index (Phi) is 1.49. The molecule has 0 aliphatic rings. The maximum atomic E-state index is 12.0. The van der Waals surface area contributed by atoms with Gasteiger partial charge in [-0.15, -0.1) is 15.0 Å². The molecule has 1 aromatic heterocycles. The summed E-state index contributed by atoms with van der Waals surface area (Å²) in [6.07, 6.45) is 0. The molecule has 12 heavy (non-hydrogen) atoms. The Morgan fingerprint density at radius 1 is 1.08 bits per heavy atom. The third-order valence-corrected chi connectivity index (χ3v) is 1.48. The van der Waals surface area contributed by atoms with E-state index in [0.29, 0.717) is 15.8 Å². The molecule has 0 bridgehead atoms. The van der Waals surface area contributed by atoms with Crippen molar-refractivity contribution in [3.8, 4) is 0 Å². The SMILES string of the molecule is FC([18F])n1nc2ccccc2n1. The fraction of sp³-hybridized carbons (Fsp3) is 0.143. The van der Waals surface area contributed by atoms with Crippen LogP contribution >= 0.6 is 0 Å². The Hall–Kier alpha value is -1.52. The van der Waals surface area contributed by atoms with Crippen LogP contribution in [-0.2, 0) is 0 Å². The van der Waals surface area contributed by atoms with E-state index in [2.05, 4.69) is 10.2 Å². The summed E-state index contributed by atoms with van der Waals surface area (Å²) in [6, 6.07) is 6.74. The molecule has 0 N–H and O–H groups in total. The number of benzene rings is 1. The Bertz CT molecular complexity index is 363. The van der Waals surface area contributed by atoms with Crippen LogP contribution in [0.25, 0.3) is 11.0 Å². The van der Waals surface area contributed by atoms with E-state index in [-0.39, 0.29) is 0 Å². The monoisotopic (exact) mass is 168 g/mol. The van der Waals surface area contributed by atoms with Gasteiger partial charge in [0.25, 0.3) is 0 Å². The number of aromatic nitrogens is 3. The predicted octanol–water partition coefficient (Wildman–Crippen LogP) is 1.83. The van der Waals surface area contributed by atoms with Crippen molar-refractivity contribution in [2.45, 2.75) is 6.55 Å². The Balaban J connectivity index is 2.62. The fourth-order valence-electron chi connectivity index (χ4n) is 0.964. The van der Waals surface area contributed by atoms with Gasteiger partial charge in [-0.3, -0.25) is 0 Å². The zero-order valence-corrected chi connectivity index (χ0v) is 5.98. The number of nitrogens with zero attached hydrogens (tertiary/aromatic N) is 3. The summed E-state index contributed by atoms with van der Waals surface area (Å²) in [7, 11) is 0. The molecule has 1 unspecified atom stereocenters. The molecule has 0 aliphatic heterocycles. The van der Waals surface area contributed by atoms with E-state index in [1.54, 1.807) is 24.3 Å². The molecule has 0 amide bonds. The minimum absolute atomic E-state index is 0.407. The topological polar surface area (TPSA) is 30.7 Å². The molecule has 0 saturated heterocycles. The van der Waals surface area contributed by atoms with E-state index in [4.69, 9.17) is 0 Å². The van der Waals surface area contributed by atoms with E-state index in [1.807, 2.05) is 0 Å². The van der Waals surface area contributed by atoms with Crippen LogP contribution in [0.15, 0.2) is 24.3 Å². The van der Waals surface area contributed by atoms with E-state index < -0.39 is 6.55 Å². The first-order chi connectivity index (χ1) is 5.77. The second-order valence-corrected chi connectivity index (χ2v) is 2.29. The van der Waals surface area contributed by atoms with Gasteiger partial charge in [0.05, 0.1) is 0 Å². The van der Waals surface area contributed by atoms with Crippen LogP contribution < -0.4 is 0 Å². The molecule has 1 atom stereocenters. The van der Waals surface area contributed by atoms with Crippen LogP contribution in [-0.4, -0.2) is 15.0 Å². The van der Waals surface area contributed by atoms with Crippen molar-refractivity contribution < 1.29 is 8.78 Å². The van der Waals surface area contributed by atoms with Crippen LogP contribution in [0.4, 0.5) is 8.78 Å². The van der Waals surface area contributed by atoms with Crippen LogP contribution in [0.2, 0.25) is 0 Å². The maximum absolute atomic E-state index is 12.0. The Morgan fingerprint density at radius 3 is 2.00 bits per heavy atom. The van der Waals surface area contributed by atoms with Crippen molar-refractivity contribution in [1.29, 1.82) is 0 Å². The summed E-state index contributed by atoms with van der Waals surface area (Å²) in [5, 5.41) is 7.14. The first-order valence-corrected chi connectivity index (χ1v) is 3.37. The molecule has 0 aliphatic carbocycles. The summed E-state index contributed by atoms with van der Waals surface area (Å²) in [5.74, 6) is 0. The van der Waals surface area contributed by atoms with Gasteiger partial charge in [-0.05, 0) is 12.1 Å². The van der Waals surface area contributed by atoms with Gasteiger partial charge in [-0.1, -0.05) is 12.1 Å². The first-order valence-electron chi connectivity index (χ1n) is 3.37.